The number of nitrogen functional groups attached to an aromatic ring is 1. The van der Waals surface area contributed by atoms with Crippen molar-refractivity contribution in [1.29, 1.82) is 0 Å². The summed E-state index contributed by atoms with van der Waals surface area (Å²) in [5.41, 5.74) is 7.78. The molecule has 1 amide bonds. The number of anilines is 2. The summed E-state index contributed by atoms with van der Waals surface area (Å²) in [6.07, 6.45) is 2.06. The van der Waals surface area contributed by atoms with E-state index in [4.69, 9.17) is 5.73 Å². The average Bonchev–Trinajstić information content (AvgIpc) is 2.35. The molecule has 0 aliphatic carbocycles. The van der Waals surface area contributed by atoms with E-state index in [1.165, 1.54) is 0 Å². The molecule has 0 radical (unpaired) electrons. The predicted molar refractivity (Wildman–Crippen MR) is 75.7 cm³/mol. The van der Waals surface area contributed by atoms with Crippen molar-refractivity contribution < 1.29 is 4.79 Å². The first kappa shape index (κ1) is 13.7. The largest absolute Gasteiger partial charge is 0.399 e. The molecule has 4 N–H and O–H groups in total. The fourth-order valence-corrected chi connectivity index (χ4v) is 1.63. The van der Waals surface area contributed by atoms with E-state index in [1.54, 1.807) is 37.0 Å². The van der Waals surface area contributed by atoms with E-state index in [0.717, 1.165) is 12.2 Å². The van der Waals surface area contributed by atoms with Gasteiger partial charge in [-0.15, -0.1) is 0 Å². The van der Waals surface area contributed by atoms with Crippen LogP contribution in [-0.4, -0.2) is 31.0 Å². The van der Waals surface area contributed by atoms with Gasteiger partial charge in [-0.2, -0.15) is 11.8 Å². The summed E-state index contributed by atoms with van der Waals surface area (Å²) >= 11 is 1.77. The minimum atomic E-state index is -0.107. The van der Waals surface area contributed by atoms with Gasteiger partial charge in [0.25, 0.3) is 5.91 Å². The van der Waals surface area contributed by atoms with Crippen molar-refractivity contribution >= 4 is 29.0 Å². The summed E-state index contributed by atoms with van der Waals surface area (Å²) in [4.78, 5) is 11.7. The second-order valence-corrected chi connectivity index (χ2v) is 5.09. The van der Waals surface area contributed by atoms with Crippen LogP contribution in [0, 0.1) is 0 Å². The van der Waals surface area contributed by atoms with Gasteiger partial charge in [-0.1, -0.05) is 6.92 Å². The minimum absolute atomic E-state index is 0.107. The van der Waals surface area contributed by atoms with Gasteiger partial charge >= 0.3 is 0 Å². The Labute approximate surface area is 106 Å². The third-order valence-electron chi connectivity index (χ3n) is 2.50. The van der Waals surface area contributed by atoms with Crippen LogP contribution in [0.25, 0.3) is 0 Å². The zero-order valence-corrected chi connectivity index (χ0v) is 11.2. The SMILES string of the molecule is CNC(=O)c1ccc(N)cc1NCC(C)SC. The topological polar surface area (TPSA) is 67.2 Å². The Kier molecular flexibility index (Phi) is 5.15. The number of carbonyl (C=O) groups excluding carboxylic acids is 1. The summed E-state index contributed by atoms with van der Waals surface area (Å²) in [7, 11) is 1.62. The molecule has 1 unspecified atom stereocenters. The maximum atomic E-state index is 11.7. The minimum Gasteiger partial charge on any atom is -0.399 e. The number of thioether (sulfide) groups is 1. The molecule has 0 bridgehead atoms. The smallest absolute Gasteiger partial charge is 0.253 e. The van der Waals surface area contributed by atoms with E-state index >= 15 is 0 Å². The molecule has 5 heteroatoms. The van der Waals surface area contributed by atoms with Gasteiger partial charge in [0, 0.05) is 30.2 Å². The summed E-state index contributed by atoms with van der Waals surface area (Å²) in [5, 5.41) is 6.36. The van der Waals surface area contributed by atoms with Crippen molar-refractivity contribution in [3.63, 3.8) is 0 Å². The molecule has 1 aromatic rings. The van der Waals surface area contributed by atoms with Crippen LogP contribution in [0.5, 0.6) is 0 Å². The third-order valence-corrected chi connectivity index (χ3v) is 3.47. The van der Waals surface area contributed by atoms with Crippen molar-refractivity contribution in [2.75, 3.05) is 30.9 Å². The number of nitrogens with one attached hydrogen (secondary N) is 2. The number of carbonyl (C=O) groups is 1. The number of benzene rings is 1. The van der Waals surface area contributed by atoms with Gasteiger partial charge < -0.3 is 16.4 Å². The molecular formula is C12H19N3OS. The van der Waals surface area contributed by atoms with Gasteiger partial charge in [-0.05, 0) is 24.5 Å². The lowest BCUT2D eigenvalue weighted by Crippen LogP contribution is -2.21. The molecule has 0 aliphatic heterocycles. The lowest BCUT2D eigenvalue weighted by atomic mass is 10.1. The normalized spacial score (nSPS) is 11.9. The van der Waals surface area contributed by atoms with E-state index in [2.05, 4.69) is 23.8 Å². The molecule has 0 heterocycles. The molecule has 94 valence electrons. The zero-order valence-electron chi connectivity index (χ0n) is 10.4. The number of hydrogen-bond acceptors (Lipinski definition) is 4. The van der Waals surface area contributed by atoms with Crippen LogP contribution in [-0.2, 0) is 0 Å². The van der Waals surface area contributed by atoms with E-state index < -0.39 is 0 Å². The molecule has 0 saturated carbocycles. The maximum Gasteiger partial charge on any atom is 0.253 e. The molecule has 0 fully saturated rings. The Bertz CT molecular complexity index is 395. The average molecular weight is 253 g/mol. The van der Waals surface area contributed by atoms with Gasteiger partial charge in [-0.3, -0.25) is 4.79 Å². The third kappa shape index (κ3) is 3.85. The van der Waals surface area contributed by atoms with E-state index in [1.807, 2.05) is 0 Å². The van der Waals surface area contributed by atoms with E-state index in [0.29, 0.717) is 16.5 Å². The van der Waals surface area contributed by atoms with Crippen molar-refractivity contribution in [2.45, 2.75) is 12.2 Å². The lowest BCUT2D eigenvalue weighted by molar-refractivity contribution is 0.0964. The Morgan fingerprint density at radius 2 is 2.24 bits per heavy atom. The number of amides is 1. The zero-order chi connectivity index (χ0) is 12.8. The molecule has 0 saturated heterocycles. The fraction of sp³-hybridized carbons (Fsp3) is 0.417. The highest BCUT2D eigenvalue weighted by molar-refractivity contribution is 7.99. The van der Waals surface area contributed by atoms with E-state index in [-0.39, 0.29) is 5.91 Å². The molecule has 1 atom stereocenters. The van der Waals surface area contributed by atoms with Crippen LogP contribution in [0.3, 0.4) is 0 Å². The number of rotatable bonds is 5. The van der Waals surface area contributed by atoms with Crippen LogP contribution in [0.4, 0.5) is 11.4 Å². The molecule has 1 aromatic carbocycles. The summed E-state index contributed by atoms with van der Waals surface area (Å²) in [6.45, 7) is 2.93. The van der Waals surface area contributed by atoms with Gasteiger partial charge in [0.15, 0.2) is 0 Å². The van der Waals surface area contributed by atoms with Crippen molar-refractivity contribution in [3.8, 4) is 0 Å². The molecule has 0 aliphatic rings. The summed E-state index contributed by atoms with van der Waals surface area (Å²) < 4.78 is 0. The number of nitrogens with two attached hydrogens (primary N) is 1. The first-order valence-corrected chi connectivity index (χ1v) is 6.75. The molecule has 0 spiro atoms. The van der Waals surface area contributed by atoms with Crippen molar-refractivity contribution in [3.05, 3.63) is 23.8 Å². The molecule has 17 heavy (non-hydrogen) atoms. The van der Waals surface area contributed by atoms with Crippen LogP contribution >= 0.6 is 11.8 Å². The predicted octanol–water partition coefficient (Wildman–Crippen LogP) is 1.79. The second kappa shape index (κ2) is 6.39. The highest BCUT2D eigenvalue weighted by Gasteiger charge is 2.10. The Morgan fingerprint density at radius 1 is 1.53 bits per heavy atom. The molecule has 0 aromatic heterocycles. The molecular weight excluding hydrogens is 234 g/mol. The summed E-state index contributed by atoms with van der Waals surface area (Å²) in [6, 6.07) is 5.26. The first-order chi connectivity index (χ1) is 8.08. The lowest BCUT2D eigenvalue weighted by Gasteiger charge is -2.14. The Hall–Kier alpha value is -1.36. The summed E-state index contributed by atoms with van der Waals surface area (Å²) in [5.74, 6) is -0.107. The Morgan fingerprint density at radius 3 is 2.82 bits per heavy atom. The quantitative estimate of drug-likeness (QED) is 0.700. The highest BCUT2D eigenvalue weighted by Crippen LogP contribution is 2.20. The van der Waals surface area contributed by atoms with Crippen LogP contribution in [0.15, 0.2) is 18.2 Å². The molecule has 1 rings (SSSR count). The first-order valence-electron chi connectivity index (χ1n) is 5.46. The van der Waals surface area contributed by atoms with E-state index in [9.17, 15) is 4.79 Å². The van der Waals surface area contributed by atoms with Crippen molar-refractivity contribution in [1.82, 2.24) is 5.32 Å². The van der Waals surface area contributed by atoms with Crippen LogP contribution in [0.2, 0.25) is 0 Å². The molecule has 4 nitrogen and oxygen atoms in total. The number of hydrogen-bond donors (Lipinski definition) is 3. The van der Waals surface area contributed by atoms with Gasteiger partial charge in [0.2, 0.25) is 0 Å². The van der Waals surface area contributed by atoms with Gasteiger partial charge in [0.1, 0.15) is 0 Å². The Balaban J connectivity index is 2.87. The van der Waals surface area contributed by atoms with Crippen LogP contribution in [0.1, 0.15) is 17.3 Å². The van der Waals surface area contributed by atoms with Crippen molar-refractivity contribution in [2.24, 2.45) is 0 Å². The maximum absolute atomic E-state index is 11.7. The fourth-order valence-electron chi connectivity index (χ4n) is 1.38. The highest BCUT2D eigenvalue weighted by atomic mass is 32.2. The standard InChI is InChI=1S/C12H19N3OS/c1-8(17-3)7-15-11-6-9(13)4-5-10(11)12(16)14-2/h4-6,8,15H,7,13H2,1-3H3,(H,14,16). The van der Waals surface area contributed by atoms with Gasteiger partial charge in [-0.25, -0.2) is 0 Å². The monoisotopic (exact) mass is 253 g/mol. The van der Waals surface area contributed by atoms with Crippen LogP contribution < -0.4 is 16.4 Å². The van der Waals surface area contributed by atoms with Gasteiger partial charge in [0.05, 0.1) is 5.56 Å². The second-order valence-electron chi connectivity index (χ2n) is 3.81.